The number of anilines is 2. The Morgan fingerprint density at radius 1 is 1.19 bits per heavy atom. The van der Waals surface area contributed by atoms with Crippen molar-refractivity contribution in [1.29, 1.82) is 0 Å². The van der Waals surface area contributed by atoms with Gasteiger partial charge < -0.3 is 10.2 Å². The lowest BCUT2D eigenvalue weighted by Gasteiger charge is -2.24. The van der Waals surface area contributed by atoms with Gasteiger partial charge in [0.2, 0.25) is 11.8 Å². The molecule has 0 fully saturated rings. The van der Waals surface area contributed by atoms with E-state index in [1.807, 2.05) is 0 Å². The summed E-state index contributed by atoms with van der Waals surface area (Å²) < 4.78 is 28.8. The smallest absolute Gasteiger partial charge is 0.244 e. The Kier molecular flexibility index (Phi) is 5.83. The van der Waals surface area contributed by atoms with Gasteiger partial charge in [-0.15, -0.1) is 0 Å². The number of nitrogens with one attached hydrogen (secondary N) is 1. The van der Waals surface area contributed by atoms with E-state index in [0.717, 1.165) is 17.0 Å². The van der Waals surface area contributed by atoms with E-state index in [1.165, 1.54) is 24.4 Å². The summed E-state index contributed by atoms with van der Waals surface area (Å²) in [6, 6.07) is 6.32. The SMILES string of the molecule is Cc1ncc2c(n1)[C@H](C)C(=O)N(CC(=O)Nc1ccc(Cl)c(F)c1)c1cc(Cl)cc(F)c1-2. The first-order valence-electron chi connectivity index (χ1n) is 9.55. The molecule has 164 valence electrons. The van der Waals surface area contributed by atoms with Crippen molar-refractivity contribution in [3.63, 3.8) is 0 Å². The fourth-order valence-electron chi connectivity index (χ4n) is 3.60. The molecule has 1 aliphatic rings. The van der Waals surface area contributed by atoms with Crippen LogP contribution in [0.2, 0.25) is 10.0 Å². The zero-order valence-electron chi connectivity index (χ0n) is 16.9. The Balaban J connectivity index is 1.77. The zero-order chi connectivity index (χ0) is 23.2. The molecule has 0 bridgehead atoms. The van der Waals surface area contributed by atoms with Gasteiger partial charge in [-0.1, -0.05) is 23.2 Å². The van der Waals surface area contributed by atoms with Gasteiger partial charge in [-0.3, -0.25) is 9.59 Å². The molecular formula is C22H16Cl2F2N4O2. The quantitative estimate of drug-likeness (QED) is 0.568. The van der Waals surface area contributed by atoms with Crippen molar-refractivity contribution in [2.24, 2.45) is 0 Å². The third kappa shape index (κ3) is 4.03. The third-order valence-electron chi connectivity index (χ3n) is 5.08. The van der Waals surface area contributed by atoms with E-state index in [9.17, 15) is 14.0 Å². The van der Waals surface area contributed by atoms with Crippen molar-refractivity contribution in [2.75, 3.05) is 16.8 Å². The van der Waals surface area contributed by atoms with Crippen molar-refractivity contribution in [2.45, 2.75) is 19.8 Å². The number of carbonyl (C=O) groups is 2. The molecule has 1 aliphatic heterocycles. The van der Waals surface area contributed by atoms with Gasteiger partial charge in [0.15, 0.2) is 0 Å². The van der Waals surface area contributed by atoms with E-state index >= 15 is 4.39 Å². The number of amides is 2. The number of hydrogen-bond acceptors (Lipinski definition) is 4. The maximum atomic E-state index is 15.1. The van der Waals surface area contributed by atoms with Crippen LogP contribution < -0.4 is 10.2 Å². The number of hydrogen-bond donors (Lipinski definition) is 1. The number of benzene rings is 2. The van der Waals surface area contributed by atoms with Crippen molar-refractivity contribution >= 4 is 46.4 Å². The number of fused-ring (bicyclic) bond motifs is 3. The fourth-order valence-corrected chi connectivity index (χ4v) is 3.92. The summed E-state index contributed by atoms with van der Waals surface area (Å²) in [5.74, 6) is -2.82. The topological polar surface area (TPSA) is 75.2 Å². The molecule has 3 aromatic rings. The van der Waals surface area contributed by atoms with Crippen LogP contribution >= 0.6 is 23.2 Å². The molecule has 0 spiro atoms. The molecule has 1 aromatic heterocycles. The van der Waals surface area contributed by atoms with Gasteiger partial charge in [0.1, 0.15) is 24.0 Å². The summed E-state index contributed by atoms with van der Waals surface area (Å²) in [6.45, 7) is 2.83. The summed E-state index contributed by atoms with van der Waals surface area (Å²) in [5.41, 5.74) is 1.06. The van der Waals surface area contributed by atoms with Gasteiger partial charge in [0.25, 0.3) is 0 Å². The fraction of sp³-hybridized carbons (Fsp3) is 0.182. The largest absolute Gasteiger partial charge is 0.324 e. The van der Waals surface area contributed by atoms with Crippen LogP contribution in [0.3, 0.4) is 0 Å². The van der Waals surface area contributed by atoms with Gasteiger partial charge in [-0.25, -0.2) is 18.7 Å². The van der Waals surface area contributed by atoms with Crippen LogP contribution in [-0.2, 0) is 9.59 Å². The number of rotatable bonds is 3. The van der Waals surface area contributed by atoms with Crippen LogP contribution in [0.1, 0.15) is 24.4 Å². The summed E-state index contributed by atoms with van der Waals surface area (Å²) in [5, 5.41) is 2.49. The number of carbonyl (C=O) groups excluding carboxylic acids is 2. The van der Waals surface area contributed by atoms with E-state index in [0.29, 0.717) is 17.1 Å². The van der Waals surface area contributed by atoms with E-state index in [4.69, 9.17) is 23.2 Å². The molecule has 6 nitrogen and oxygen atoms in total. The van der Waals surface area contributed by atoms with Crippen molar-refractivity contribution in [3.8, 4) is 11.1 Å². The van der Waals surface area contributed by atoms with Crippen molar-refractivity contribution in [3.05, 3.63) is 69.7 Å². The summed E-state index contributed by atoms with van der Waals surface area (Å²) in [7, 11) is 0. The normalized spacial score (nSPS) is 15.1. The van der Waals surface area contributed by atoms with Crippen molar-refractivity contribution < 1.29 is 18.4 Å². The molecule has 0 radical (unpaired) electrons. The molecule has 0 aliphatic carbocycles. The molecule has 0 saturated heterocycles. The first-order valence-corrected chi connectivity index (χ1v) is 10.3. The lowest BCUT2D eigenvalue weighted by atomic mass is 9.98. The maximum Gasteiger partial charge on any atom is 0.244 e. The average Bonchev–Trinajstić information content (AvgIpc) is 2.80. The lowest BCUT2D eigenvalue weighted by molar-refractivity contribution is -0.122. The molecule has 1 atom stereocenters. The molecule has 0 unspecified atom stereocenters. The van der Waals surface area contributed by atoms with E-state index in [1.54, 1.807) is 13.8 Å². The minimum atomic E-state index is -0.780. The predicted molar refractivity (Wildman–Crippen MR) is 118 cm³/mol. The molecule has 32 heavy (non-hydrogen) atoms. The number of halogens is 4. The van der Waals surface area contributed by atoms with Crippen LogP contribution in [0.25, 0.3) is 11.1 Å². The number of aromatic nitrogens is 2. The Bertz CT molecular complexity index is 1270. The highest BCUT2D eigenvalue weighted by Crippen LogP contribution is 2.42. The lowest BCUT2D eigenvalue weighted by Crippen LogP contribution is -2.40. The second-order valence-electron chi connectivity index (χ2n) is 7.32. The Morgan fingerprint density at radius 3 is 2.66 bits per heavy atom. The molecule has 2 amide bonds. The zero-order valence-corrected chi connectivity index (χ0v) is 18.4. The minimum Gasteiger partial charge on any atom is -0.324 e. The third-order valence-corrected chi connectivity index (χ3v) is 5.61. The first-order chi connectivity index (χ1) is 15.2. The van der Waals surface area contributed by atoms with E-state index < -0.39 is 35.9 Å². The number of aryl methyl sites for hydroxylation is 1. The van der Waals surface area contributed by atoms with Gasteiger partial charge in [-0.2, -0.15) is 0 Å². The standard InChI is InChI=1S/C22H16Cl2F2N4O2/c1-10-21-14(8-27-11(2)28-21)20-17(26)5-12(23)6-18(20)30(22(10)32)9-19(31)29-13-3-4-15(24)16(25)7-13/h3-8,10H,9H2,1-2H3,(H,29,31)/t10-/m0/s1. The summed E-state index contributed by atoms with van der Waals surface area (Å²) in [6.07, 6.45) is 1.46. The minimum absolute atomic E-state index is 0.0587. The van der Waals surface area contributed by atoms with Crippen LogP contribution in [-0.4, -0.2) is 28.3 Å². The van der Waals surface area contributed by atoms with Crippen LogP contribution in [0.15, 0.2) is 36.5 Å². The Hall–Kier alpha value is -3.10. The van der Waals surface area contributed by atoms with E-state index in [2.05, 4.69) is 15.3 Å². The molecule has 4 rings (SSSR count). The van der Waals surface area contributed by atoms with Gasteiger partial charge >= 0.3 is 0 Å². The molecular weight excluding hydrogens is 461 g/mol. The van der Waals surface area contributed by atoms with Gasteiger partial charge in [-0.05, 0) is 44.2 Å². The average molecular weight is 477 g/mol. The maximum absolute atomic E-state index is 15.1. The number of nitrogens with zero attached hydrogens (tertiary/aromatic N) is 3. The Morgan fingerprint density at radius 2 is 1.94 bits per heavy atom. The molecule has 0 saturated carbocycles. The Labute approximate surface area is 192 Å². The highest BCUT2D eigenvalue weighted by molar-refractivity contribution is 6.31. The van der Waals surface area contributed by atoms with Gasteiger partial charge in [0.05, 0.1) is 22.3 Å². The second-order valence-corrected chi connectivity index (χ2v) is 8.16. The molecule has 10 heteroatoms. The van der Waals surface area contributed by atoms with E-state index in [-0.39, 0.29) is 27.0 Å². The highest BCUT2D eigenvalue weighted by atomic mass is 35.5. The molecule has 2 heterocycles. The summed E-state index contributed by atoms with van der Waals surface area (Å²) >= 11 is 11.7. The molecule has 1 N–H and O–H groups in total. The van der Waals surface area contributed by atoms with Crippen molar-refractivity contribution in [1.82, 2.24) is 9.97 Å². The molecule has 2 aromatic carbocycles. The summed E-state index contributed by atoms with van der Waals surface area (Å²) in [4.78, 5) is 35.7. The second kappa shape index (κ2) is 8.44. The van der Waals surface area contributed by atoms with Crippen LogP contribution in [0.5, 0.6) is 0 Å². The van der Waals surface area contributed by atoms with Crippen LogP contribution in [0, 0.1) is 18.6 Å². The van der Waals surface area contributed by atoms with Gasteiger partial charge in [0, 0.05) is 28.0 Å². The first kappa shape index (κ1) is 22.1. The monoisotopic (exact) mass is 476 g/mol. The van der Waals surface area contributed by atoms with Crippen LogP contribution in [0.4, 0.5) is 20.2 Å². The predicted octanol–water partition coefficient (Wildman–Crippen LogP) is 5.13. The highest BCUT2D eigenvalue weighted by Gasteiger charge is 2.35.